The van der Waals surface area contributed by atoms with Crippen LogP contribution < -0.4 is 0 Å². The maximum atomic E-state index is 6.23. The van der Waals surface area contributed by atoms with Gasteiger partial charge in [-0.05, 0) is 49.1 Å². The van der Waals surface area contributed by atoms with Crippen LogP contribution in [0.3, 0.4) is 0 Å². The van der Waals surface area contributed by atoms with Gasteiger partial charge in [0.15, 0.2) is 0 Å². The standard InChI is InChI=1S/C23H17NO/c1-14-7-8-17-16(11-14)9-10-24-22(17)20-13-15(2)12-19-18-5-3-4-6-21(18)25-23(19)20/h3-13H,1-2H3. The van der Waals surface area contributed by atoms with E-state index in [0.29, 0.717) is 0 Å². The van der Waals surface area contributed by atoms with E-state index in [4.69, 9.17) is 9.40 Å². The van der Waals surface area contributed by atoms with Gasteiger partial charge in [0.2, 0.25) is 0 Å². The van der Waals surface area contributed by atoms with Crippen LogP contribution in [0.15, 0.2) is 71.3 Å². The lowest BCUT2D eigenvalue weighted by Gasteiger charge is -2.08. The van der Waals surface area contributed by atoms with Gasteiger partial charge in [0.05, 0.1) is 5.69 Å². The molecule has 5 aromatic rings. The molecule has 0 saturated heterocycles. The zero-order chi connectivity index (χ0) is 17.0. The molecule has 0 atom stereocenters. The van der Waals surface area contributed by atoms with Crippen molar-refractivity contribution in [3.8, 4) is 11.3 Å². The predicted octanol–water partition coefficient (Wildman–Crippen LogP) is 6.42. The van der Waals surface area contributed by atoms with Crippen LogP contribution in [0.4, 0.5) is 0 Å². The van der Waals surface area contributed by atoms with Gasteiger partial charge in [0.1, 0.15) is 11.2 Å². The molecule has 2 aromatic heterocycles. The summed E-state index contributed by atoms with van der Waals surface area (Å²) in [5, 5.41) is 4.66. The Labute approximate surface area is 145 Å². The van der Waals surface area contributed by atoms with Gasteiger partial charge < -0.3 is 4.42 Å². The molecule has 0 aliphatic heterocycles. The van der Waals surface area contributed by atoms with E-state index < -0.39 is 0 Å². The van der Waals surface area contributed by atoms with Gasteiger partial charge in [-0.25, -0.2) is 0 Å². The van der Waals surface area contributed by atoms with Crippen LogP contribution in [0, 0.1) is 13.8 Å². The lowest BCUT2D eigenvalue weighted by atomic mass is 9.98. The number of fused-ring (bicyclic) bond motifs is 4. The zero-order valence-corrected chi connectivity index (χ0v) is 14.2. The second kappa shape index (κ2) is 5.18. The van der Waals surface area contributed by atoms with Crippen LogP contribution in [0.2, 0.25) is 0 Å². The molecule has 0 aliphatic carbocycles. The molecule has 2 heteroatoms. The number of rotatable bonds is 1. The summed E-state index contributed by atoms with van der Waals surface area (Å²) in [5.41, 5.74) is 6.32. The topological polar surface area (TPSA) is 26.0 Å². The number of aryl methyl sites for hydroxylation is 2. The SMILES string of the molecule is Cc1ccc2c(-c3cc(C)cc4c3oc3ccccc34)nccc2c1. The second-order valence-corrected chi connectivity index (χ2v) is 6.67. The molecule has 2 nitrogen and oxygen atoms in total. The Hall–Kier alpha value is -3.13. The number of hydrogen-bond donors (Lipinski definition) is 0. The first-order chi connectivity index (χ1) is 12.2. The van der Waals surface area contributed by atoms with E-state index in [9.17, 15) is 0 Å². The number of aromatic nitrogens is 1. The highest BCUT2D eigenvalue weighted by Crippen LogP contribution is 2.38. The molecule has 0 spiro atoms. The predicted molar refractivity (Wildman–Crippen MR) is 104 cm³/mol. The van der Waals surface area contributed by atoms with Crippen molar-refractivity contribution in [1.29, 1.82) is 0 Å². The van der Waals surface area contributed by atoms with Gasteiger partial charge in [-0.1, -0.05) is 42.0 Å². The number of hydrogen-bond acceptors (Lipinski definition) is 2. The highest BCUT2D eigenvalue weighted by molar-refractivity contribution is 6.11. The van der Waals surface area contributed by atoms with Crippen LogP contribution >= 0.6 is 0 Å². The molecule has 0 saturated carbocycles. The fourth-order valence-corrected chi connectivity index (χ4v) is 3.66. The van der Waals surface area contributed by atoms with Crippen LogP contribution in [-0.2, 0) is 0 Å². The third kappa shape index (κ3) is 2.14. The van der Waals surface area contributed by atoms with Crippen LogP contribution in [0.5, 0.6) is 0 Å². The molecule has 25 heavy (non-hydrogen) atoms. The molecule has 0 amide bonds. The molecule has 0 N–H and O–H groups in total. The minimum atomic E-state index is 0.910. The molecule has 0 radical (unpaired) electrons. The lowest BCUT2D eigenvalue weighted by Crippen LogP contribution is -1.88. The van der Waals surface area contributed by atoms with Crippen LogP contribution in [0.25, 0.3) is 44.0 Å². The summed E-state index contributed by atoms with van der Waals surface area (Å²) in [5.74, 6) is 0. The van der Waals surface area contributed by atoms with Gasteiger partial charge in [0, 0.05) is 27.9 Å². The summed E-state index contributed by atoms with van der Waals surface area (Å²) in [6, 6.07) is 21.1. The normalized spacial score (nSPS) is 11.6. The van der Waals surface area contributed by atoms with Crippen LogP contribution in [0.1, 0.15) is 11.1 Å². The summed E-state index contributed by atoms with van der Waals surface area (Å²) >= 11 is 0. The molecular weight excluding hydrogens is 306 g/mol. The molecule has 2 heterocycles. The number of furan rings is 1. The number of benzene rings is 3. The van der Waals surface area contributed by atoms with Crippen molar-refractivity contribution in [2.45, 2.75) is 13.8 Å². The summed E-state index contributed by atoms with van der Waals surface area (Å²) in [4.78, 5) is 4.71. The van der Waals surface area contributed by atoms with Crippen molar-refractivity contribution in [2.24, 2.45) is 0 Å². The summed E-state index contributed by atoms with van der Waals surface area (Å²) in [6.07, 6.45) is 1.88. The van der Waals surface area contributed by atoms with Crippen molar-refractivity contribution in [3.05, 3.63) is 78.0 Å². The highest BCUT2D eigenvalue weighted by Gasteiger charge is 2.15. The van der Waals surface area contributed by atoms with E-state index in [1.165, 1.54) is 16.5 Å². The maximum Gasteiger partial charge on any atom is 0.144 e. The first kappa shape index (κ1) is 14.2. The Morgan fingerprint density at radius 3 is 2.56 bits per heavy atom. The maximum absolute atomic E-state index is 6.23. The number of pyridine rings is 1. The minimum absolute atomic E-state index is 0.910. The van der Waals surface area contributed by atoms with E-state index in [2.05, 4.69) is 62.4 Å². The fourth-order valence-electron chi connectivity index (χ4n) is 3.66. The molecule has 0 fully saturated rings. The van der Waals surface area contributed by atoms with Gasteiger partial charge in [-0.15, -0.1) is 0 Å². The molecule has 0 unspecified atom stereocenters. The molecule has 0 aliphatic rings. The average molecular weight is 323 g/mol. The van der Waals surface area contributed by atoms with E-state index >= 15 is 0 Å². The largest absolute Gasteiger partial charge is 0.455 e. The Morgan fingerprint density at radius 1 is 0.760 bits per heavy atom. The monoisotopic (exact) mass is 323 g/mol. The van der Waals surface area contributed by atoms with E-state index in [0.717, 1.165) is 38.6 Å². The van der Waals surface area contributed by atoms with E-state index in [1.54, 1.807) is 0 Å². The first-order valence-electron chi connectivity index (χ1n) is 8.48. The van der Waals surface area contributed by atoms with Crippen LogP contribution in [-0.4, -0.2) is 4.98 Å². The highest BCUT2D eigenvalue weighted by atomic mass is 16.3. The van der Waals surface area contributed by atoms with E-state index in [1.807, 2.05) is 18.3 Å². The molecule has 5 rings (SSSR count). The Balaban J connectivity index is 1.93. The van der Waals surface area contributed by atoms with Crippen molar-refractivity contribution in [1.82, 2.24) is 4.98 Å². The molecule has 0 bridgehead atoms. The summed E-state index contributed by atoms with van der Waals surface area (Å²) in [6.45, 7) is 4.24. The summed E-state index contributed by atoms with van der Waals surface area (Å²) < 4.78 is 6.23. The molecular formula is C23H17NO. The number of para-hydroxylation sites is 1. The smallest absolute Gasteiger partial charge is 0.144 e. The Kier molecular flexibility index (Phi) is 2.95. The van der Waals surface area contributed by atoms with Crippen molar-refractivity contribution in [2.75, 3.05) is 0 Å². The van der Waals surface area contributed by atoms with Crippen molar-refractivity contribution >= 4 is 32.7 Å². The van der Waals surface area contributed by atoms with Crippen molar-refractivity contribution < 1.29 is 4.42 Å². The van der Waals surface area contributed by atoms with Gasteiger partial charge in [-0.2, -0.15) is 0 Å². The third-order valence-electron chi connectivity index (χ3n) is 4.80. The average Bonchev–Trinajstić information content (AvgIpc) is 2.99. The quantitative estimate of drug-likeness (QED) is 0.356. The molecule has 3 aromatic carbocycles. The lowest BCUT2D eigenvalue weighted by molar-refractivity contribution is 0.670. The van der Waals surface area contributed by atoms with Gasteiger partial charge in [-0.3, -0.25) is 4.98 Å². The third-order valence-corrected chi connectivity index (χ3v) is 4.80. The van der Waals surface area contributed by atoms with E-state index in [-0.39, 0.29) is 0 Å². The Bertz CT molecular complexity index is 1260. The van der Waals surface area contributed by atoms with Gasteiger partial charge in [0.25, 0.3) is 0 Å². The summed E-state index contributed by atoms with van der Waals surface area (Å²) in [7, 11) is 0. The number of nitrogens with zero attached hydrogens (tertiary/aromatic N) is 1. The fraction of sp³-hybridized carbons (Fsp3) is 0.0870. The zero-order valence-electron chi connectivity index (χ0n) is 14.2. The second-order valence-electron chi connectivity index (χ2n) is 6.67. The minimum Gasteiger partial charge on any atom is -0.455 e. The molecule has 120 valence electrons. The Morgan fingerprint density at radius 2 is 1.64 bits per heavy atom. The van der Waals surface area contributed by atoms with Crippen molar-refractivity contribution in [3.63, 3.8) is 0 Å². The van der Waals surface area contributed by atoms with Gasteiger partial charge >= 0.3 is 0 Å². The first-order valence-corrected chi connectivity index (χ1v) is 8.48.